The Morgan fingerprint density at radius 2 is 1.59 bits per heavy atom. The van der Waals surface area contributed by atoms with Crippen molar-refractivity contribution in [3.63, 3.8) is 0 Å². The van der Waals surface area contributed by atoms with Crippen molar-refractivity contribution in [3.05, 3.63) is 41.0 Å². The summed E-state index contributed by atoms with van der Waals surface area (Å²) in [5.41, 5.74) is 3.52. The average molecular weight is 443 g/mol. The molecule has 0 N–H and O–H groups in total. The van der Waals surface area contributed by atoms with Gasteiger partial charge in [0.05, 0.1) is 34.0 Å². The number of ether oxygens (including phenoxy) is 7. The van der Waals surface area contributed by atoms with Gasteiger partial charge in [-0.05, 0) is 67.1 Å². The van der Waals surface area contributed by atoms with Crippen LogP contribution in [0.15, 0.2) is 24.3 Å². The van der Waals surface area contributed by atoms with Crippen molar-refractivity contribution < 1.29 is 33.2 Å². The first kappa shape index (κ1) is 21.2. The molecule has 1 fully saturated rings. The van der Waals surface area contributed by atoms with E-state index < -0.39 is 0 Å². The summed E-state index contributed by atoms with van der Waals surface area (Å²) in [4.78, 5) is 0. The molecule has 0 aromatic heterocycles. The van der Waals surface area contributed by atoms with Crippen LogP contribution < -0.4 is 23.7 Å². The van der Waals surface area contributed by atoms with Crippen LogP contribution in [0.3, 0.4) is 0 Å². The van der Waals surface area contributed by atoms with Gasteiger partial charge in [0, 0.05) is 11.8 Å². The number of fused-ring (bicyclic) bond motifs is 3. The maximum atomic E-state index is 6.23. The second-order valence-electron chi connectivity index (χ2n) is 8.77. The summed E-state index contributed by atoms with van der Waals surface area (Å²) >= 11 is 0. The molecule has 2 heterocycles. The number of hydrogen-bond acceptors (Lipinski definition) is 7. The third-order valence-electron chi connectivity index (χ3n) is 6.62. The second kappa shape index (κ2) is 8.37. The number of hydrogen-bond donors (Lipinski definition) is 0. The molecular formula is C25H30O7. The predicted octanol–water partition coefficient (Wildman–Crippen LogP) is 4.14. The summed E-state index contributed by atoms with van der Waals surface area (Å²) in [6.45, 7) is 5.00. The van der Waals surface area contributed by atoms with E-state index in [1.54, 1.807) is 21.3 Å². The monoisotopic (exact) mass is 442 g/mol. The van der Waals surface area contributed by atoms with Gasteiger partial charge in [0.1, 0.15) is 0 Å². The smallest absolute Gasteiger partial charge is 0.231 e. The second-order valence-corrected chi connectivity index (χ2v) is 8.77. The minimum absolute atomic E-state index is 0.0122. The molecule has 4 atom stereocenters. The molecule has 0 saturated carbocycles. The predicted molar refractivity (Wildman–Crippen MR) is 117 cm³/mol. The fraction of sp³-hybridized carbons (Fsp3) is 0.520. The topological polar surface area (TPSA) is 64.6 Å². The summed E-state index contributed by atoms with van der Waals surface area (Å²) in [6.07, 6.45) is 0.690. The van der Waals surface area contributed by atoms with Gasteiger partial charge in [-0.1, -0.05) is 0 Å². The Kier molecular flexibility index (Phi) is 5.55. The van der Waals surface area contributed by atoms with Gasteiger partial charge >= 0.3 is 0 Å². The molecular weight excluding hydrogens is 412 g/mol. The Balaban J connectivity index is 1.68. The molecule has 0 radical (unpaired) electrons. The zero-order valence-electron chi connectivity index (χ0n) is 19.2. The third kappa shape index (κ3) is 3.44. The van der Waals surface area contributed by atoms with Crippen molar-refractivity contribution in [1.82, 2.24) is 0 Å². The van der Waals surface area contributed by atoms with Crippen molar-refractivity contribution in [2.24, 2.45) is 11.8 Å². The van der Waals surface area contributed by atoms with Gasteiger partial charge in [0.25, 0.3) is 0 Å². The normalized spacial score (nSPS) is 25.4. The largest absolute Gasteiger partial charge is 0.493 e. The summed E-state index contributed by atoms with van der Waals surface area (Å²) < 4.78 is 40.7. The van der Waals surface area contributed by atoms with Gasteiger partial charge in [-0.15, -0.1) is 0 Å². The first-order valence-electron chi connectivity index (χ1n) is 11.0. The van der Waals surface area contributed by atoms with E-state index >= 15 is 0 Å². The lowest BCUT2D eigenvalue weighted by Crippen LogP contribution is -2.36. The minimum Gasteiger partial charge on any atom is -0.493 e. The summed E-state index contributed by atoms with van der Waals surface area (Å²) in [5.74, 6) is 3.91. The Morgan fingerprint density at radius 1 is 0.906 bits per heavy atom. The van der Waals surface area contributed by atoms with Crippen LogP contribution in [0, 0.1) is 11.8 Å². The van der Waals surface area contributed by atoms with Crippen molar-refractivity contribution in [1.29, 1.82) is 0 Å². The molecule has 5 rings (SSSR count). The third-order valence-corrected chi connectivity index (χ3v) is 6.62. The highest BCUT2D eigenvalue weighted by atomic mass is 16.7. The number of rotatable bonds is 6. The summed E-state index contributed by atoms with van der Waals surface area (Å²) in [7, 11) is 4.89. The van der Waals surface area contributed by atoms with Crippen LogP contribution in [0.4, 0.5) is 0 Å². The van der Waals surface area contributed by atoms with Gasteiger partial charge in [0.2, 0.25) is 12.5 Å². The highest BCUT2D eigenvalue weighted by Gasteiger charge is 2.48. The minimum atomic E-state index is -0.289. The standard InChI is InChI=1S/C25H30O7/c1-13(2)32-25-23-16(11-29-25)6-14-7-18-19(31-12-30-18)10-17(14)22(23)15-8-20(26-3)24(28-5)21(9-15)27-4/h7-10,13,16,22-23,25H,6,11-12H2,1-5H3/t16-,22-,23-,25+/m0/s1. The SMILES string of the molecule is COc1cc([C@H]2c3cc4c(cc3C[C@H]3CO[C@H](OC(C)C)[C@@H]32)OCO4)cc(OC)c1OC. The average Bonchev–Trinajstić information content (AvgIpc) is 3.41. The van der Waals surface area contributed by atoms with Gasteiger partial charge in [-0.25, -0.2) is 0 Å². The van der Waals surface area contributed by atoms with E-state index in [1.807, 2.05) is 26.0 Å². The lowest BCUT2D eigenvalue weighted by Gasteiger charge is -2.38. The van der Waals surface area contributed by atoms with E-state index in [1.165, 1.54) is 11.1 Å². The van der Waals surface area contributed by atoms with Crippen molar-refractivity contribution >= 4 is 0 Å². The zero-order valence-corrected chi connectivity index (χ0v) is 19.2. The highest BCUT2D eigenvalue weighted by Crippen LogP contribution is 2.54. The Morgan fingerprint density at radius 3 is 2.22 bits per heavy atom. The van der Waals surface area contributed by atoms with Crippen LogP contribution in [0.2, 0.25) is 0 Å². The lowest BCUT2D eigenvalue weighted by atomic mass is 9.67. The van der Waals surface area contributed by atoms with E-state index in [2.05, 4.69) is 12.1 Å². The first-order valence-corrected chi connectivity index (χ1v) is 11.0. The Bertz CT molecular complexity index is 977. The molecule has 0 unspecified atom stereocenters. The van der Waals surface area contributed by atoms with Gasteiger partial charge in [-0.3, -0.25) is 0 Å². The van der Waals surface area contributed by atoms with Crippen LogP contribution in [-0.4, -0.2) is 47.1 Å². The van der Waals surface area contributed by atoms with Gasteiger partial charge in [0.15, 0.2) is 29.3 Å². The maximum absolute atomic E-state index is 6.23. The molecule has 0 amide bonds. The summed E-state index contributed by atoms with van der Waals surface area (Å²) in [6, 6.07) is 8.31. The fourth-order valence-corrected chi connectivity index (χ4v) is 5.32. The van der Waals surface area contributed by atoms with Crippen LogP contribution in [-0.2, 0) is 15.9 Å². The molecule has 2 aromatic carbocycles. The quantitative estimate of drug-likeness (QED) is 0.666. The van der Waals surface area contributed by atoms with Crippen molar-refractivity contribution in [2.45, 2.75) is 38.6 Å². The highest BCUT2D eigenvalue weighted by molar-refractivity contribution is 5.58. The number of benzene rings is 2. The molecule has 2 aliphatic heterocycles. The van der Waals surface area contributed by atoms with E-state index in [4.69, 9.17) is 33.2 Å². The Labute approximate surface area is 188 Å². The number of methoxy groups -OCH3 is 3. The van der Waals surface area contributed by atoms with E-state index in [0.29, 0.717) is 29.8 Å². The fourth-order valence-electron chi connectivity index (χ4n) is 5.32. The summed E-state index contributed by atoms with van der Waals surface area (Å²) in [5, 5.41) is 0. The molecule has 0 spiro atoms. The molecule has 32 heavy (non-hydrogen) atoms. The molecule has 172 valence electrons. The van der Waals surface area contributed by atoms with Crippen LogP contribution in [0.5, 0.6) is 28.7 Å². The van der Waals surface area contributed by atoms with Gasteiger partial charge < -0.3 is 33.2 Å². The zero-order chi connectivity index (χ0) is 22.4. The molecule has 7 heteroatoms. The van der Waals surface area contributed by atoms with Crippen LogP contribution >= 0.6 is 0 Å². The van der Waals surface area contributed by atoms with Crippen molar-refractivity contribution in [2.75, 3.05) is 34.7 Å². The molecule has 1 saturated heterocycles. The first-order chi connectivity index (χ1) is 15.5. The van der Waals surface area contributed by atoms with E-state index in [-0.39, 0.29) is 31.0 Å². The van der Waals surface area contributed by atoms with Crippen LogP contribution in [0.25, 0.3) is 0 Å². The molecule has 7 nitrogen and oxygen atoms in total. The van der Waals surface area contributed by atoms with E-state index in [0.717, 1.165) is 23.5 Å². The molecule has 3 aliphatic rings. The van der Waals surface area contributed by atoms with E-state index in [9.17, 15) is 0 Å². The molecule has 1 aliphatic carbocycles. The Hall–Kier alpha value is -2.64. The lowest BCUT2D eigenvalue weighted by molar-refractivity contribution is -0.155. The van der Waals surface area contributed by atoms with Crippen molar-refractivity contribution in [3.8, 4) is 28.7 Å². The van der Waals surface area contributed by atoms with Gasteiger partial charge in [-0.2, -0.15) is 0 Å². The van der Waals surface area contributed by atoms with Crippen LogP contribution in [0.1, 0.15) is 36.5 Å². The maximum Gasteiger partial charge on any atom is 0.231 e. The molecule has 0 bridgehead atoms. The molecule has 2 aromatic rings.